The van der Waals surface area contributed by atoms with E-state index in [9.17, 15) is 9.18 Å². The number of nitrogens with one attached hydrogen (secondary N) is 1. The maximum absolute atomic E-state index is 13.1. The van der Waals surface area contributed by atoms with Crippen LogP contribution in [-0.4, -0.2) is 31.8 Å². The average Bonchev–Trinajstić information content (AvgIpc) is 2.81. The Morgan fingerprint density at radius 2 is 2.21 bits per heavy atom. The van der Waals surface area contributed by atoms with Crippen molar-refractivity contribution in [2.24, 2.45) is 0 Å². The van der Waals surface area contributed by atoms with Crippen LogP contribution in [0, 0.1) is 12.7 Å². The zero-order valence-electron chi connectivity index (χ0n) is 10.8. The molecular weight excluding hydrogens is 273 g/mol. The molecule has 19 heavy (non-hydrogen) atoms. The van der Waals surface area contributed by atoms with Gasteiger partial charge in [0.25, 0.3) is 0 Å². The summed E-state index contributed by atoms with van der Waals surface area (Å²) in [5.41, 5.74) is 0.544. The number of carbonyl (C=O) groups is 1. The van der Waals surface area contributed by atoms with E-state index in [-0.39, 0.29) is 36.3 Å². The van der Waals surface area contributed by atoms with E-state index in [1.54, 1.807) is 19.1 Å². The van der Waals surface area contributed by atoms with E-state index in [1.165, 1.54) is 13.2 Å². The molecule has 0 saturated carbocycles. The molecule has 1 aliphatic heterocycles. The third-order valence-corrected chi connectivity index (χ3v) is 3.01. The maximum Gasteiger partial charge on any atom is 0.323 e. The van der Waals surface area contributed by atoms with Crippen molar-refractivity contribution in [3.63, 3.8) is 0 Å². The maximum atomic E-state index is 13.1. The SMILES string of the molecule is COC(=O)[C@@H]1C[C@H](Oc2ccc(F)c(C)c2)CN1.Cl. The second-order valence-corrected chi connectivity index (χ2v) is 4.37. The van der Waals surface area contributed by atoms with Crippen molar-refractivity contribution in [3.8, 4) is 5.75 Å². The first-order chi connectivity index (χ1) is 8.60. The topological polar surface area (TPSA) is 47.6 Å². The number of ether oxygens (including phenoxy) is 2. The van der Waals surface area contributed by atoms with Gasteiger partial charge in [-0.1, -0.05) is 0 Å². The molecule has 0 bridgehead atoms. The number of rotatable bonds is 3. The predicted octanol–water partition coefficient (Wildman–Crippen LogP) is 1.84. The lowest BCUT2D eigenvalue weighted by molar-refractivity contribution is -0.142. The molecule has 0 aliphatic carbocycles. The third-order valence-electron chi connectivity index (χ3n) is 3.01. The summed E-state index contributed by atoms with van der Waals surface area (Å²) in [4.78, 5) is 11.3. The Kier molecular flexibility index (Phi) is 5.57. The summed E-state index contributed by atoms with van der Waals surface area (Å²) in [7, 11) is 1.36. The molecule has 2 atom stereocenters. The summed E-state index contributed by atoms with van der Waals surface area (Å²) in [6.45, 7) is 2.27. The van der Waals surface area contributed by atoms with Gasteiger partial charge in [-0.05, 0) is 30.7 Å². The predicted molar refractivity (Wildman–Crippen MR) is 71.2 cm³/mol. The standard InChI is InChI=1S/C13H16FNO3.ClH/c1-8-5-9(3-4-11(8)14)18-10-6-12(15-7-10)13(16)17-2;/h3-5,10,12,15H,6-7H2,1-2H3;1H/t10-,12-;/m0./s1. The second kappa shape index (κ2) is 6.73. The van der Waals surface area contributed by atoms with E-state index in [4.69, 9.17) is 4.74 Å². The van der Waals surface area contributed by atoms with Gasteiger partial charge < -0.3 is 14.8 Å². The number of halogens is 2. The zero-order chi connectivity index (χ0) is 13.1. The van der Waals surface area contributed by atoms with Crippen LogP contribution < -0.4 is 10.1 Å². The fourth-order valence-corrected chi connectivity index (χ4v) is 2.00. The van der Waals surface area contributed by atoms with E-state index in [0.29, 0.717) is 24.3 Å². The fourth-order valence-electron chi connectivity index (χ4n) is 2.00. The van der Waals surface area contributed by atoms with Gasteiger partial charge in [0.1, 0.15) is 23.7 Å². The molecule has 0 spiro atoms. The summed E-state index contributed by atoms with van der Waals surface area (Å²) in [5, 5.41) is 3.03. The summed E-state index contributed by atoms with van der Waals surface area (Å²) >= 11 is 0. The molecule has 0 aromatic heterocycles. The van der Waals surface area contributed by atoms with Crippen LogP contribution in [0.5, 0.6) is 5.75 Å². The van der Waals surface area contributed by atoms with Gasteiger partial charge in [0.05, 0.1) is 7.11 Å². The third kappa shape index (κ3) is 3.81. The van der Waals surface area contributed by atoms with E-state index in [0.717, 1.165) is 0 Å². The molecule has 0 radical (unpaired) electrons. The van der Waals surface area contributed by atoms with Crippen LogP contribution in [-0.2, 0) is 9.53 Å². The summed E-state index contributed by atoms with van der Waals surface area (Å²) in [6.07, 6.45) is 0.460. The minimum atomic E-state index is -0.318. The van der Waals surface area contributed by atoms with Crippen molar-refractivity contribution in [3.05, 3.63) is 29.6 Å². The average molecular weight is 290 g/mol. The van der Waals surface area contributed by atoms with Crippen molar-refractivity contribution < 1.29 is 18.7 Å². The Morgan fingerprint density at radius 3 is 2.84 bits per heavy atom. The van der Waals surface area contributed by atoms with E-state index in [2.05, 4.69) is 10.1 Å². The lowest BCUT2D eigenvalue weighted by Gasteiger charge is -2.13. The van der Waals surface area contributed by atoms with Crippen molar-refractivity contribution in [2.75, 3.05) is 13.7 Å². The van der Waals surface area contributed by atoms with Crippen LogP contribution in [0.4, 0.5) is 4.39 Å². The lowest BCUT2D eigenvalue weighted by Crippen LogP contribution is -2.31. The molecule has 1 aliphatic rings. The minimum Gasteiger partial charge on any atom is -0.489 e. The van der Waals surface area contributed by atoms with Gasteiger partial charge in [-0.2, -0.15) is 0 Å². The number of aryl methyl sites for hydroxylation is 1. The molecule has 2 rings (SSSR count). The molecule has 1 fully saturated rings. The first-order valence-corrected chi connectivity index (χ1v) is 5.84. The van der Waals surface area contributed by atoms with Crippen LogP contribution in [0.25, 0.3) is 0 Å². The quantitative estimate of drug-likeness (QED) is 0.863. The number of hydrogen-bond acceptors (Lipinski definition) is 4. The molecule has 1 aromatic carbocycles. The molecule has 6 heteroatoms. The Bertz CT molecular complexity index is 456. The highest BCUT2D eigenvalue weighted by Gasteiger charge is 2.31. The molecule has 1 saturated heterocycles. The van der Waals surface area contributed by atoms with Crippen molar-refractivity contribution >= 4 is 18.4 Å². The van der Waals surface area contributed by atoms with Crippen LogP contribution in [0.15, 0.2) is 18.2 Å². The largest absolute Gasteiger partial charge is 0.489 e. The molecule has 4 nitrogen and oxygen atoms in total. The highest BCUT2D eigenvalue weighted by atomic mass is 35.5. The van der Waals surface area contributed by atoms with Crippen molar-refractivity contribution in [1.29, 1.82) is 0 Å². The molecule has 0 unspecified atom stereocenters. The first kappa shape index (κ1) is 15.7. The summed E-state index contributed by atoms with van der Waals surface area (Å²) in [6, 6.07) is 4.31. The van der Waals surface area contributed by atoms with Crippen LogP contribution in [0.2, 0.25) is 0 Å². The van der Waals surface area contributed by atoms with E-state index >= 15 is 0 Å². The fraction of sp³-hybridized carbons (Fsp3) is 0.462. The molecular formula is C13H17ClFNO3. The van der Waals surface area contributed by atoms with Gasteiger partial charge in [-0.3, -0.25) is 4.79 Å². The number of methoxy groups -OCH3 is 1. The lowest BCUT2D eigenvalue weighted by atomic mass is 10.2. The van der Waals surface area contributed by atoms with Crippen molar-refractivity contribution in [1.82, 2.24) is 5.32 Å². The second-order valence-electron chi connectivity index (χ2n) is 4.37. The summed E-state index contributed by atoms with van der Waals surface area (Å²) < 4.78 is 23.5. The van der Waals surface area contributed by atoms with Crippen LogP contribution in [0.3, 0.4) is 0 Å². The minimum absolute atomic E-state index is 0. The number of carbonyl (C=O) groups excluding carboxylic acids is 1. The van der Waals surface area contributed by atoms with Crippen molar-refractivity contribution in [2.45, 2.75) is 25.5 Å². The van der Waals surface area contributed by atoms with Gasteiger partial charge in [-0.15, -0.1) is 12.4 Å². The van der Waals surface area contributed by atoms with Gasteiger partial charge in [0.15, 0.2) is 0 Å². The smallest absolute Gasteiger partial charge is 0.323 e. The van der Waals surface area contributed by atoms with Gasteiger partial charge in [0.2, 0.25) is 0 Å². The van der Waals surface area contributed by atoms with Gasteiger partial charge in [0, 0.05) is 13.0 Å². The van der Waals surface area contributed by atoms with E-state index < -0.39 is 0 Å². The first-order valence-electron chi connectivity index (χ1n) is 5.84. The molecule has 106 valence electrons. The van der Waals surface area contributed by atoms with Crippen LogP contribution in [0.1, 0.15) is 12.0 Å². The number of benzene rings is 1. The van der Waals surface area contributed by atoms with E-state index in [1.807, 2.05) is 0 Å². The highest BCUT2D eigenvalue weighted by molar-refractivity contribution is 5.85. The van der Waals surface area contributed by atoms with Gasteiger partial charge in [-0.25, -0.2) is 4.39 Å². The highest BCUT2D eigenvalue weighted by Crippen LogP contribution is 2.20. The van der Waals surface area contributed by atoms with Gasteiger partial charge >= 0.3 is 5.97 Å². The monoisotopic (exact) mass is 289 g/mol. The Labute approximate surface area is 117 Å². The zero-order valence-corrected chi connectivity index (χ0v) is 11.6. The Morgan fingerprint density at radius 1 is 1.47 bits per heavy atom. The molecule has 1 N–H and O–H groups in total. The Balaban J connectivity index is 0.00000180. The Hall–Kier alpha value is -1.33. The number of esters is 1. The normalized spacial score (nSPS) is 21.6. The molecule has 1 heterocycles. The number of hydrogen-bond donors (Lipinski definition) is 1. The van der Waals surface area contributed by atoms with Crippen LogP contribution >= 0.6 is 12.4 Å². The molecule has 0 amide bonds. The molecule has 1 aromatic rings. The summed E-state index contributed by atoms with van der Waals surface area (Å²) in [5.74, 6) is 0.0851.